The first-order chi connectivity index (χ1) is 6.99. The predicted molar refractivity (Wildman–Crippen MR) is 68.9 cm³/mol. The van der Waals surface area contributed by atoms with Gasteiger partial charge in [-0.1, -0.05) is 27.0 Å². The number of nitrogens with zero attached hydrogens (tertiary/aromatic N) is 1. The molecule has 0 heterocycles. The Labute approximate surface area is 93.5 Å². The first kappa shape index (κ1) is 13.7. The van der Waals surface area contributed by atoms with Crippen molar-refractivity contribution in [3.05, 3.63) is 36.3 Å². The molecule has 15 heavy (non-hydrogen) atoms. The van der Waals surface area contributed by atoms with E-state index < -0.39 is 0 Å². The third-order valence-electron chi connectivity index (χ3n) is 1.92. The van der Waals surface area contributed by atoms with Gasteiger partial charge >= 0.3 is 0 Å². The van der Waals surface area contributed by atoms with Crippen LogP contribution in [0.15, 0.2) is 41.3 Å². The van der Waals surface area contributed by atoms with Crippen molar-refractivity contribution in [3.8, 4) is 0 Å². The van der Waals surface area contributed by atoms with Crippen LogP contribution in [-0.2, 0) is 0 Å². The van der Waals surface area contributed by atoms with Crippen LogP contribution in [0.1, 0.15) is 40.5 Å². The summed E-state index contributed by atoms with van der Waals surface area (Å²) in [7, 11) is 0. The van der Waals surface area contributed by atoms with E-state index >= 15 is 0 Å². The number of allylic oxidation sites excluding steroid dienone is 3. The fourth-order valence-electron chi connectivity index (χ4n) is 1.05. The van der Waals surface area contributed by atoms with E-state index in [1.807, 2.05) is 19.9 Å². The molecule has 0 saturated carbocycles. The number of hydrogen-bond acceptors (Lipinski definition) is 2. The van der Waals surface area contributed by atoms with E-state index in [1.54, 1.807) is 0 Å². The fraction of sp³-hybridized carbons (Fsp3) is 0.462. The molecule has 0 aromatic rings. The topological polar surface area (TPSA) is 24.4 Å². The van der Waals surface area contributed by atoms with E-state index in [4.69, 9.17) is 0 Å². The molecule has 2 nitrogen and oxygen atoms in total. The molecule has 0 aliphatic rings. The normalized spacial score (nSPS) is 12.5. The second-order valence-corrected chi connectivity index (χ2v) is 3.62. The van der Waals surface area contributed by atoms with Crippen LogP contribution in [0.3, 0.4) is 0 Å². The van der Waals surface area contributed by atoms with Crippen LogP contribution in [0.4, 0.5) is 0 Å². The van der Waals surface area contributed by atoms with Crippen molar-refractivity contribution in [1.82, 2.24) is 5.32 Å². The van der Waals surface area contributed by atoms with Crippen molar-refractivity contribution < 1.29 is 0 Å². The summed E-state index contributed by atoms with van der Waals surface area (Å²) in [5.74, 6) is 0. The minimum Gasteiger partial charge on any atom is -0.360 e. The Hall–Kier alpha value is -1.31. The van der Waals surface area contributed by atoms with E-state index in [1.165, 1.54) is 0 Å². The molecule has 2 heteroatoms. The highest BCUT2D eigenvalue weighted by Gasteiger charge is 1.95. The smallest absolute Gasteiger partial charge is 0.0420 e. The molecule has 0 aliphatic heterocycles. The summed E-state index contributed by atoms with van der Waals surface area (Å²) in [5.41, 5.74) is 3.93. The van der Waals surface area contributed by atoms with Gasteiger partial charge in [-0.15, -0.1) is 0 Å². The van der Waals surface area contributed by atoms with E-state index in [2.05, 4.69) is 37.3 Å². The van der Waals surface area contributed by atoms with E-state index in [0.717, 1.165) is 35.6 Å². The third kappa shape index (κ3) is 6.72. The standard InChI is InChI=1S/C13H22N2/c1-7-11(5)15-13(8-2)9-12(6)14-10(3)4/h9,14H,3,6-8H2,1-2,4-5H3/b13-9-,15-11+. The highest BCUT2D eigenvalue weighted by molar-refractivity contribution is 5.82. The Kier molecular flexibility index (Phi) is 6.43. The summed E-state index contributed by atoms with van der Waals surface area (Å²) >= 11 is 0. The molecular formula is C13H22N2. The van der Waals surface area contributed by atoms with Gasteiger partial charge < -0.3 is 5.32 Å². The van der Waals surface area contributed by atoms with Gasteiger partial charge in [0.1, 0.15) is 0 Å². The van der Waals surface area contributed by atoms with E-state index in [-0.39, 0.29) is 0 Å². The number of rotatable bonds is 6. The molecule has 0 radical (unpaired) electrons. The van der Waals surface area contributed by atoms with Gasteiger partial charge in [0.25, 0.3) is 0 Å². The van der Waals surface area contributed by atoms with E-state index in [9.17, 15) is 0 Å². The lowest BCUT2D eigenvalue weighted by Gasteiger charge is -2.06. The molecular weight excluding hydrogens is 184 g/mol. The zero-order valence-corrected chi connectivity index (χ0v) is 10.4. The predicted octanol–water partition coefficient (Wildman–Crippen LogP) is 3.79. The maximum Gasteiger partial charge on any atom is 0.0420 e. The first-order valence-electron chi connectivity index (χ1n) is 5.35. The average Bonchev–Trinajstić information content (AvgIpc) is 2.15. The summed E-state index contributed by atoms with van der Waals surface area (Å²) in [6.07, 6.45) is 3.86. The number of nitrogens with one attached hydrogen (secondary N) is 1. The van der Waals surface area contributed by atoms with E-state index in [0.29, 0.717) is 0 Å². The zero-order valence-electron chi connectivity index (χ0n) is 10.4. The SMILES string of the molecule is C=C(C)NC(=C)/C=C(CC)\N=C(/C)CC. The third-order valence-corrected chi connectivity index (χ3v) is 1.92. The molecule has 0 aromatic carbocycles. The van der Waals surface area contributed by atoms with Crippen molar-refractivity contribution in [1.29, 1.82) is 0 Å². The van der Waals surface area contributed by atoms with Gasteiger partial charge in [-0.25, -0.2) is 0 Å². The van der Waals surface area contributed by atoms with Crippen molar-refractivity contribution >= 4 is 5.71 Å². The first-order valence-corrected chi connectivity index (χ1v) is 5.35. The van der Waals surface area contributed by atoms with Crippen LogP contribution in [0.5, 0.6) is 0 Å². The summed E-state index contributed by atoms with van der Waals surface area (Å²) < 4.78 is 0. The van der Waals surface area contributed by atoms with Crippen LogP contribution < -0.4 is 5.32 Å². The Bertz CT molecular complexity index is 296. The molecule has 1 N–H and O–H groups in total. The van der Waals surface area contributed by atoms with Crippen molar-refractivity contribution in [2.24, 2.45) is 4.99 Å². The van der Waals surface area contributed by atoms with Gasteiger partial charge in [-0.3, -0.25) is 4.99 Å². The molecule has 0 saturated heterocycles. The second kappa shape index (κ2) is 7.04. The lowest BCUT2D eigenvalue weighted by atomic mass is 10.2. The van der Waals surface area contributed by atoms with Gasteiger partial charge in [-0.05, 0) is 32.8 Å². The maximum absolute atomic E-state index is 4.51. The van der Waals surface area contributed by atoms with Crippen LogP contribution in [0.2, 0.25) is 0 Å². The largest absolute Gasteiger partial charge is 0.360 e. The summed E-state index contributed by atoms with van der Waals surface area (Å²) in [6.45, 7) is 15.8. The van der Waals surface area contributed by atoms with Gasteiger partial charge in [0.2, 0.25) is 0 Å². The van der Waals surface area contributed by atoms with Crippen LogP contribution in [-0.4, -0.2) is 5.71 Å². The molecule has 0 rings (SSSR count). The van der Waals surface area contributed by atoms with Crippen molar-refractivity contribution in [3.63, 3.8) is 0 Å². The van der Waals surface area contributed by atoms with Gasteiger partial charge in [0.05, 0.1) is 0 Å². The molecule has 0 aliphatic carbocycles. The number of hydrogen-bond donors (Lipinski definition) is 1. The molecule has 0 bridgehead atoms. The Morgan fingerprint density at radius 1 is 1.20 bits per heavy atom. The molecule has 0 unspecified atom stereocenters. The lowest BCUT2D eigenvalue weighted by molar-refractivity contribution is 0.988. The Morgan fingerprint density at radius 2 is 1.80 bits per heavy atom. The summed E-state index contributed by atoms with van der Waals surface area (Å²) in [4.78, 5) is 4.51. The second-order valence-electron chi connectivity index (χ2n) is 3.62. The lowest BCUT2D eigenvalue weighted by Crippen LogP contribution is -2.06. The molecule has 0 aromatic heterocycles. The minimum atomic E-state index is 0.840. The van der Waals surface area contributed by atoms with Crippen LogP contribution in [0.25, 0.3) is 0 Å². The fourth-order valence-corrected chi connectivity index (χ4v) is 1.05. The Balaban J connectivity index is 4.59. The quantitative estimate of drug-likeness (QED) is 0.519. The number of aliphatic imine (C=N–C) groups is 1. The van der Waals surface area contributed by atoms with Gasteiger partial charge in [-0.2, -0.15) is 0 Å². The maximum atomic E-state index is 4.51. The molecule has 0 spiro atoms. The molecule has 0 atom stereocenters. The van der Waals surface area contributed by atoms with Gasteiger partial charge in [0, 0.05) is 22.8 Å². The summed E-state index contributed by atoms with van der Waals surface area (Å²) in [5, 5.41) is 3.06. The van der Waals surface area contributed by atoms with Crippen LogP contribution in [0, 0.1) is 0 Å². The summed E-state index contributed by atoms with van der Waals surface area (Å²) in [6, 6.07) is 0. The van der Waals surface area contributed by atoms with Crippen LogP contribution >= 0.6 is 0 Å². The molecule has 0 fully saturated rings. The van der Waals surface area contributed by atoms with Crippen molar-refractivity contribution in [2.45, 2.75) is 40.5 Å². The molecule has 84 valence electrons. The molecule has 0 amide bonds. The highest BCUT2D eigenvalue weighted by Crippen LogP contribution is 2.07. The zero-order chi connectivity index (χ0) is 11.8. The van der Waals surface area contributed by atoms with Gasteiger partial charge in [0.15, 0.2) is 0 Å². The average molecular weight is 206 g/mol. The highest BCUT2D eigenvalue weighted by atomic mass is 14.9. The van der Waals surface area contributed by atoms with Crippen molar-refractivity contribution in [2.75, 3.05) is 0 Å². The Morgan fingerprint density at radius 3 is 2.20 bits per heavy atom. The minimum absolute atomic E-state index is 0.840. The monoisotopic (exact) mass is 206 g/mol.